The molecule has 3 aromatic carbocycles. The van der Waals surface area contributed by atoms with Crippen molar-refractivity contribution >= 4 is 34.7 Å². The minimum Gasteiger partial charge on any atom is -0.507 e. The maximum Gasteiger partial charge on any atom is 0.300 e. The Morgan fingerprint density at radius 2 is 1.68 bits per heavy atom. The van der Waals surface area contributed by atoms with Crippen LogP contribution in [0.3, 0.4) is 0 Å². The van der Waals surface area contributed by atoms with Gasteiger partial charge in [0, 0.05) is 11.3 Å². The summed E-state index contributed by atoms with van der Waals surface area (Å²) in [4.78, 5) is 27.9. The molecule has 8 heteroatoms. The van der Waals surface area contributed by atoms with E-state index < -0.39 is 17.7 Å². The number of nitrogens with zero attached hydrogens (tertiary/aromatic N) is 1. The number of Topliss-reactive ketones (excluding diaryl/α,β-unsaturated/α-hetero) is 1. The highest BCUT2D eigenvalue weighted by Crippen LogP contribution is 2.44. The Morgan fingerprint density at radius 1 is 0.971 bits per heavy atom. The van der Waals surface area contributed by atoms with Crippen LogP contribution < -0.4 is 14.4 Å². The molecule has 7 nitrogen and oxygen atoms in total. The van der Waals surface area contributed by atoms with E-state index >= 15 is 0 Å². The SMILES string of the molecule is Cc1cc(C)cc(N2C(=O)C(=O)/C(=C(\O)c3ccc4c(c3)OCO4)C2c2ccc(O)c(Cl)c2)c1. The molecule has 0 radical (unpaired) electrons. The molecule has 1 fully saturated rings. The zero-order chi connectivity index (χ0) is 24.1. The Bertz CT molecular complexity index is 1380. The summed E-state index contributed by atoms with van der Waals surface area (Å²) in [6.45, 7) is 3.85. The molecule has 0 aliphatic carbocycles. The highest BCUT2D eigenvalue weighted by atomic mass is 35.5. The lowest BCUT2D eigenvalue weighted by molar-refractivity contribution is -0.132. The van der Waals surface area contributed by atoms with E-state index in [9.17, 15) is 19.8 Å². The predicted octanol–water partition coefficient (Wildman–Crippen LogP) is 5.02. The average molecular weight is 478 g/mol. The molecule has 0 saturated carbocycles. The van der Waals surface area contributed by atoms with Crippen molar-refractivity contribution in [2.75, 3.05) is 11.7 Å². The summed E-state index contributed by atoms with van der Waals surface area (Å²) in [6.07, 6.45) is 0. The number of hydrogen-bond donors (Lipinski definition) is 2. The fraction of sp³-hybridized carbons (Fsp3) is 0.154. The van der Waals surface area contributed by atoms with E-state index in [-0.39, 0.29) is 28.9 Å². The Labute approximate surface area is 200 Å². The highest BCUT2D eigenvalue weighted by Gasteiger charge is 2.47. The number of rotatable bonds is 3. The normalized spacial score (nSPS) is 18.6. The van der Waals surface area contributed by atoms with Gasteiger partial charge in [-0.2, -0.15) is 0 Å². The molecule has 2 aliphatic heterocycles. The molecule has 1 saturated heterocycles. The second kappa shape index (κ2) is 8.11. The lowest BCUT2D eigenvalue weighted by atomic mass is 9.94. The molecule has 2 heterocycles. The zero-order valence-corrected chi connectivity index (χ0v) is 19.1. The van der Waals surface area contributed by atoms with Crippen LogP contribution in [0.1, 0.15) is 28.3 Å². The number of aliphatic hydroxyl groups is 1. The molecule has 0 aromatic heterocycles. The number of hydrogen-bond acceptors (Lipinski definition) is 6. The van der Waals surface area contributed by atoms with Crippen molar-refractivity contribution in [3.05, 3.63) is 87.4 Å². The number of phenols is 1. The average Bonchev–Trinajstić information content (AvgIpc) is 3.36. The van der Waals surface area contributed by atoms with Crippen LogP contribution in [-0.4, -0.2) is 28.7 Å². The molecule has 2 N–H and O–H groups in total. The first-order valence-corrected chi connectivity index (χ1v) is 10.9. The fourth-order valence-electron chi connectivity index (χ4n) is 4.40. The number of benzene rings is 3. The second-order valence-corrected chi connectivity index (χ2v) is 8.70. The van der Waals surface area contributed by atoms with Gasteiger partial charge < -0.3 is 19.7 Å². The number of amides is 1. The topological polar surface area (TPSA) is 96.3 Å². The number of aliphatic hydroxyl groups excluding tert-OH is 1. The van der Waals surface area contributed by atoms with Crippen LogP contribution in [0.15, 0.2) is 60.2 Å². The monoisotopic (exact) mass is 477 g/mol. The summed E-state index contributed by atoms with van der Waals surface area (Å²) in [5.74, 6) is -1.14. The molecule has 172 valence electrons. The molecule has 5 rings (SSSR count). The first-order chi connectivity index (χ1) is 16.2. The van der Waals surface area contributed by atoms with Gasteiger partial charge in [-0.15, -0.1) is 0 Å². The second-order valence-electron chi connectivity index (χ2n) is 8.29. The third kappa shape index (κ3) is 3.54. The molecule has 0 spiro atoms. The fourth-order valence-corrected chi connectivity index (χ4v) is 4.59. The van der Waals surface area contributed by atoms with E-state index in [0.29, 0.717) is 28.3 Å². The van der Waals surface area contributed by atoms with Gasteiger partial charge in [0.25, 0.3) is 11.7 Å². The quantitative estimate of drug-likeness (QED) is 0.312. The maximum atomic E-state index is 13.3. The number of ether oxygens (including phenoxy) is 2. The van der Waals surface area contributed by atoms with Gasteiger partial charge in [0.05, 0.1) is 16.6 Å². The number of phenolic OH excluding ortho intramolecular Hbond substituents is 1. The van der Waals surface area contributed by atoms with Gasteiger partial charge in [-0.05, 0) is 73.0 Å². The first kappa shape index (κ1) is 21.9. The van der Waals surface area contributed by atoms with Crippen molar-refractivity contribution < 1.29 is 29.3 Å². The minimum absolute atomic E-state index is 0.0582. The number of fused-ring (bicyclic) bond motifs is 1. The molecule has 2 aliphatic rings. The summed E-state index contributed by atoms with van der Waals surface area (Å²) in [7, 11) is 0. The molecule has 1 unspecified atom stereocenters. The molecule has 0 bridgehead atoms. The number of halogens is 1. The van der Waals surface area contributed by atoms with Crippen LogP contribution in [0.2, 0.25) is 5.02 Å². The van der Waals surface area contributed by atoms with E-state index in [0.717, 1.165) is 11.1 Å². The van der Waals surface area contributed by atoms with Gasteiger partial charge in [-0.3, -0.25) is 14.5 Å². The van der Waals surface area contributed by atoms with Gasteiger partial charge in [0.2, 0.25) is 6.79 Å². The van der Waals surface area contributed by atoms with E-state index in [2.05, 4.69) is 0 Å². The van der Waals surface area contributed by atoms with Crippen molar-refractivity contribution in [2.24, 2.45) is 0 Å². The van der Waals surface area contributed by atoms with Crippen LogP contribution >= 0.6 is 11.6 Å². The van der Waals surface area contributed by atoms with Crippen LogP contribution in [0.5, 0.6) is 17.2 Å². The summed E-state index contributed by atoms with van der Waals surface area (Å²) < 4.78 is 10.7. The lowest BCUT2D eigenvalue weighted by Crippen LogP contribution is -2.29. The zero-order valence-electron chi connectivity index (χ0n) is 18.3. The standard InChI is InChI=1S/C26H20ClNO6/c1-13-7-14(2)9-17(8-13)28-23(15-3-5-19(29)18(27)10-15)22(25(31)26(28)32)24(30)16-4-6-20-21(11-16)34-12-33-20/h3-11,23,29-30H,12H2,1-2H3/b24-22-. The number of aromatic hydroxyl groups is 1. The Morgan fingerprint density at radius 3 is 2.38 bits per heavy atom. The third-order valence-corrected chi connectivity index (χ3v) is 6.17. The molecule has 1 amide bonds. The first-order valence-electron chi connectivity index (χ1n) is 10.5. The van der Waals surface area contributed by atoms with E-state index in [1.807, 2.05) is 19.9 Å². The number of carbonyl (C=O) groups excluding carboxylic acids is 2. The number of carbonyl (C=O) groups is 2. The highest BCUT2D eigenvalue weighted by molar-refractivity contribution is 6.51. The molecular formula is C26H20ClNO6. The van der Waals surface area contributed by atoms with Crippen molar-refractivity contribution in [1.29, 1.82) is 0 Å². The Hall–Kier alpha value is -3.97. The number of aryl methyl sites for hydroxylation is 2. The number of anilines is 1. The van der Waals surface area contributed by atoms with Crippen LogP contribution in [-0.2, 0) is 9.59 Å². The van der Waals surface area contributed by atoms with Crippen LogP contribution in [0.25, 0.3) is 5.76 Å². The maximum absolute atomic E-state index is 13.3. The minimum atomic E-state index is -0.968. The largest absolute Gasteiger partial charge is 0.507 e. The lowest BCUT2D eigenvalue weighted by Gasteiger charge is -2.26. The van der Waals surface area contributed by atoms with E-state index in [1.54, 1.807) is 36.4 Å². The van der Waals surface area contributed by atoms with Crippen molar-refractivity contribution in [3.63, 3.8) is 0 Å². The van der Waals surface area contributed by atoms with Gasteiger partial charge in [0.15, 0.2) is 11.5 Å². The smallest absolute Gasteiger partial charge is 0.300 e. The van der Waals surface area contributed by atoms with Crippen LogP contribution in [0.4, 0.5) is 5.69 Å². The summed E-state index contributed by atoms with van der Waals surface area (Å²) >= 11 is 6.17. The molecule has 34 heavy (non-hydrogen) atoms. The Kier molecular flexibility index (Phi) is 5.21. The number of ketones is 1. The predicted molar refractivity (Wildman–Crippen MR) is 126 cm³/mol. The van der Waals surface area contributed by atoms with Crippen molar-refractivity contribution in [1.82, 2.24) is 0 Å². The molecule has 1 atom stereocenters. The van der Waals surface area contributed by atoms with Crippen molar-refractivity contribution in [2.45, 2.75) is 19.9 Å². The van der Waals surface area contributed by atoms with Crippen molar-refractivity contribution in [3.8, 4) is 17.2 Å². The van der Waals surface area contributed by atoms with Gasteiger partial charge in [0.1, 0.15) is 11.5 Å². The molecular weight excluding hydrogens is 458 g/mol. The Balaban J connectivity index is 1.74. The van der Waals surface area contributed by atoms with Crippen LogP contribution in [0, 0.1) is 13.8 Å². The third-order valence-electron chi connectivity index (χ3n) is 5.86. The van der Waals surface area contributed by atoms with Gasteiger partial charge in [-0.25, -0.2) is 0 Å². The van der Waals surface area contributed by atoms with E-state index in [4.69, 9.17) is 21.1 Å². The summed E-state index contributed by atoms with van der Waals surface area (Å²) in [5.41, 5.74) is 3.01. The van der Waals surface area contributed by atoms with E-state index in [1.165, 1.54) is 17.0 Å². The van der Waals surface area contributed by atoms with Gasteiger partial charge in [-0.1, -0.05) is 23.7 Å². The molecule has 3 aromatic rings. The van der Waals surface area contributed by atoms with Gasteiger partial charge >= 0.3 is 0 Å². The summed E-state index contributed by atoms with van der Waals surface area (Å²) in [6, 6.07) is 13.8. The summed E-state index contributed by atoms with van der Waals surface area (Å²) in [5, 5.41) is 21.3.